The van der Waals surface area contributed by atoms with Gasteiger partial charge in [0.1, 0.15) is 18.1 Å². The van der Waals surface area contributed by atoms with Crippen molar-refractivity contribution in [2.75, 3.05) is 32.1 Å². The lowest BCUT2D eigenvalue weighted by atomic mass is 10.0. The molecule has 2 aliphatic heterocycles. The van der Waals surface area contributed by atoms with Gasteiger partial charge in [-0.3, -0.25) is 24.0 Å². The number of carbonyl (C=O) groups excluding carboxylic acids is 5. The Morgan fingerprint density at radius 1 is 0.900 bits per heavy atom. The van der Waals surface area contributed by atoms with Crippen molar-refractivity contribution in [1.29, 1.82) is 0 Å². The second-order valence-electron chi connectivity index (χ2n) is 12.1. The minimum atomic E-state index is -0.796. The van der Waals surface area contributed by atoms with Crippen LogP contribution in [0.25, 0.3) is 0 Å². The molecule has 2 aliphatic rings. The number of rotatable bonds is 11. The standard InChI is InChI=1S/C30H45N5O5/c1-18(2)8-13-23(31-20(5)36)29(39)35-17-26(37)27-25(35)14-15-34(27)30(40)24(16-19(3)4)32-28(38)21-9-11-22(12-10-21)33(6)7/h9-12,18-19,23-25,27H,8,13-17H2,1-7H3,(H,31,36)(H,32,38)/t23-,24-,25?,27?/m0/s1. The van der Waals surface area contributed by atoms with Gasteiger partial charge in [-0.1, -0.05) is 27.7 Å². The molecular formula is C30H45N5O5. The van der Waals surface area contributed by atoms with Crippen LogP contribution in [0, 0.1) is 11.8 Å². The van der Waals surface area contributed by atoms with Gasteiger partial charge in [0.2, 0.25) is 17.7 Å². The van der Waals surface area contributed by atoms with E-state index >= 15 is 0 Å². The molecule has 3 rings (SSSR count). The molecule has 4 amide bonds. The molecule has 10 heteroatoms. The highest BCUT2D eigenvalue weighted by molar-refractivity contribution is 6.01. The minimum Gasteiger partial charge on any atom is -0.378 e. The van der Waals surface area contributed by atoms with Crippen LogP contribution in [0.2, 0.25) is 0 Å². The van der Waals surface area contributed by atoms with Crippen molar-refractivity contribution in [3.63, 3.8) is 0 Å². The third-order valence-electron chi connectivity index (χ3n) is 7.65. The van der Waals surface area contributed by atoms with E-state index < -0.39 is 24.2 Å². The van der Waals surface area contributed by atoms with E-state index in [0.29, 0.717) is 37.3 Å². The van der Waals surface area contributed by atoms with Crippen LogP contribution in [0.3, 0.4) is 0 Å². The van der Waals surface area contributed by atoms with Gasteiger partial charge in [-0.05, 0) is 61.8 Å². The summed E-state index contributed by atoms with van der Waals surface area (Å²) in [6.07, 6.45) is 2.13. The molecule has 0 aromatic heterocycles. The van der Waals surface area contributed by atoms with E-state index in [2.05, 4.69) is 24.5 Å². The number of benzene rings is 1. The van der Waals surface area contributed by atoms with Crippen LogP contribution in [0.1, 0.15) is 70.7 Å². The Balaban J connectivity index is 1.76. The van der Waals surface area contributed by atoms with Crippen molar-refractivity contribution in [3.05, 3.63) is 29.8 Å². The first kappa shape index (κ1) is 31.1. The fourth-order valence-electron chi connectivity index (χ4n) is 5.61. The number of likely N-dealkylation sites (tertiary alicyclic amines) is 2. The van der Waals surface area contributed by atoms with Crippen LogP contribution in [-0.4, -0.2) is 90.6 Å². The van der Waals surface area contributed by atoms with E-state index in [1.54, 1.807) is 21.9 Å². The van der Waals surface area contributed by atoms with Gasteiger partial charge in [0, 0.05) is 38.8 Å². The number of hydrogen-bond donors (Lipinski definition) is 2. The van der Waals surface area contributed by atoms with Crippen LogP contribution in [0.5, 0.6) is 0 Å². The predicted molar refractivity (Wildman–Crippen MR) is 154 cm³/mol. The maximum atomic E-state index is 13.8. The third kappa shape index (κ3) is 7.40. The van der Waals surface area contributed by atoms with Gasteiger partial charge in [-0.15, -0.1) is 0 Å². The molecule has 0 spiro atoms. The van der Waals surface area contributed by atoms with Crippen molar-refractivity contribution in [2.45, 2.75) is 84.5 Å². The number of nitrogens with zero attached hydrogens (tertiary/aromatic N) is 3. The fourth-order valence-corrected chi connectivity index (χ4v) is 5.61. The number of nitrogens with one attached hydrogen (secondary N) is 2. The lowest BCUT2D eigenvalue weighted by Crippen LogP contribution is -2.53. The Bertz CT molecular complexity index is 1100. The highest BCUT2D eigenvalue weighted by Gasteiger charge is 2.53. The topological polar surface area (TPSA) is 119 Å². The van der Waals surface area contributed by atoms with Crippen LogP contribution in [-0.2, 0) is 19.2 Å². The van der Waals surface area contributed by atoms with Crippen molar-refractivity contribution < 1.29 is 24.0 Å². The Morgan fingerprint density at radius 3 is 2.08 bits per heavy atom. The summed E-state index contributed by atoms with van der Waals surface area (Å²) in [5.74, 6) is -0.937. The molecule has 2 fully saturated rings. The molecule has 40 heavy (non-hydrogen) atoms. The zero-order valence-electron chi connectivity index (χ0n) is 24.9. The largest absolute Gasteiger partial charge is 0.378 e. The van der Waals surface area contributed by atoms with E-state index in [4.69, 9.17) is 0 Å². The zero-order valence-corrected chi connectivity index (χ0v) is 24.9. The number of fused-ring (bicyclic) bond motifs is 1. The summed E-state index contributed by atoms with van der Waals surface area (Å²) in [6.45, 7) is 9.67. The number of amides is 4. The summed E-state index contributed by atoms with van der Waals surface area (Å²) >= 11 is 0. The number of hydrogen-bond acceptors (Lipinski definition) is 6. The van der Waals surface area contributed by atoms with Gasteiger partial charge in [-0.25, -0.2) is 0 Å². The highest BCUT2D eigenvalue weighted by Crippen LogP contribution is 2.31. The van der Waals surface area contributed by atoms with E-state index in [1.165, 1.54) is 6.92 Å². The monoisotopic (exact) mass is 555 g/mol. The van der Waals surface area contributed by atoms with E-state index in [-0.39, 0.29) is 41.9 Å². The summed E-state index contributed by atoms with van der Waals surface area (Å²) < 4.78 is 0. The van der Waals surface area contributed by atoms with Crippen molar-refractivity contribution in [2.24, 2.45) is 11.8 Å². The molecule has 0 radical (unpaired) electrons. The van der Waals surface area contributed by atoms with Gasteiger partial charge < -0.3 is 25.3 Å². The molecule has 2 unspecified atom stereocenters. The van der Waals surface area contributed by atoms with Crippen LogP contribution < -0.4 is 15.5 Å². The van der Waals surface area contributed by atoms with Crippen LogP contribution in [0.15, 0.2) is 24.3 Å². The molecule has 0 bridgehead atoms. The summed E-state index contributed by atoms with van der Waals surface area (Å²) in [4.78, 5) is 70.4. The summed E-state index contributed by atoms with van der Waals surface area (Å²) in [5.41, 5.74) is 1.41. The molecule has 0 saturated carbocycles. The molecule has 4 atom stereocenters. The summed E-state index contributed by atoms with van der Waals surface area (Å²) in [7, 11) is 3.83. The SMILES string of the molecule is CC(=O)N[C@@H](CCC(C)C)C(=O)N1CC(=O)C2C1CCN2C(=O)[C@H](CC(C)C)NC(=O)c1ccc(N(C)C)cc1. The Labute approximate surface area is 237 Å². The highest BCUT2D eigenvalue weighted by atomic mass is 16.2. The average molecular weight is 556 g/mol. The van der Waals surface area contributed by atoms with Crippen molar-refractivity contribution in [3.8, 4) is 0 Å². The first-order valence-corrected chi connectivity index (χ1v) is 14.3. The second-order valence-corrected chi connectivity index (χ2v) is 12.1. The van der Waals surface area contributed by atoms with Gasteiger partial charge >= 0.3 is 0 Å². The Kier molecular flexibility index (Phi) is 10.3. The first-order chi connectivity index (χ1) is 18.8. The van der Waals surface area contributed by atoms with Gasteiger partial charge in [0.25, 0.3) is 5.91 Å². The molecule has 1 aromatic carbocycles. The van der Waals surface area contributed by atoms with Gasteiger partial charge in [0.15, 0.2) is 5.78 Å². The number of anilines is 1. The molecule has 10 nitrogen and oxygen atoms in total. The molecular weight excluding hydrogens is 510 g/mol. The quantitative estimate of drug-likeness (QED) is 0.432. The number of ketones is 1. The predicted octanol–water partition coefficient (Wildman–Crippen LogP) is 2.22. The molecule has 2 saturated heterocycles. The zero-order chi connectivity index (χ0) is 29.7. The molecule has 1 aromatic rings. The summed E-state index contributed by atoms with van der Waals surface area (Å²) in [5, 5.41) is 5.66. The smallest absolute Gasteiger partial charge is 0.251 e. The molecule has 2 N–H and O–H groups in total. The molecule has 0 aliphatic carbocycles. The second kappa shape index (κ2) is 13.3. The number of carbonyl (C=O) groups is 5. The van der Waals surface area contributed by atoms with E-state index in [1.807, 2.05) is 45.0 Å². The van der Waals surface area contributed by atoms with Gasteiger partial charge in [0.05, 0.1) is 12.6 Å². The minimum absolute atomic E-state index is 0.0882. The lowest BCUT2D eigenvalue weighted by Gasteiger charge is -2.30. The molecule has 220 valence electrons. The fraction of sp³-hybridized carbons (Fsp3) is 0.633. The Hall–Kier alpha value is -3.43. The molecule has 2 heterocycles. The Morgan fingerprint density at radius 2 is 1.52 bits per heavy atom. The maximum absolute atomic E-state index is 13.8. The van der Waals surface area contributed by atoms with Crippen molar-refractivity contribution >= 4 is 35.1 Å². The lowest BCUT2D eigenvalue weighted by molar-refractivity contribution is -0.138. The first-order valence-electron chi connectivity index (χ1n) is 14.3. The van der Waals surface area contributed by atoms with Gasteiger partial charge in [-0.2, -0.15) is 0 Å². The van der Waals surface area contributed by atoms with Crippen molar-refractivity contribution in [1.82, 2.24) is 20.4 Å². The summed E-state index contributed by atoms with van der Waals surface area (Å²) in [6, 6.07) is 4.46. The van der Waals surface area contributed by atoms with E-state index in [9.17, 15) is 24.0 Å². The third-order valence-corrected chi connectivity index (χ3v) is 7.65. The maximum Gasteiger partial charge on any atom is 0.251 e. The van der Waals surface area contributed by atoms with Crippen LogP contribution in [0.4, 0.5) is 5.69 Å². The van der Waals surface area contributed by atoms with E-state index in [0.717, 1.165) is 12.1 Å². The average Bonchev–Trinajstić information content (AvgIpc) is 3.46. The normalized spacial score (nSPS) is 20.0. The van der Waals surface area contributed by atoms with Crippen LogP contribution >= 0.6 is 0 Å². The number of Topliss-reactive ketones (excluding diaryl/α,β-unsaturated/α-hetero) is 1.